The van der Waals surface area contributed by atoms with Gasteiger partial charge in [-0.1, -0.05) is 13.3 Å². The Morgan fingerprint density at radius 3 is 2.56 bits per heavy atom. The molecule has 1 aliphatic rings. The van der Waals surface area contributed by atoms with E-state index in [1.165, 1.54) is 13.0 Å². The van der Waals surface area contributed by atoms with Crippen LogP contribution >= 0.6 is 0 Å². The molecule has 0 atom stereocenters. The van der Waals surface area contributed by atoms with Crippen molar-refractivity contribution in [2.24, 2.45) is 5.41 Å². The molecule has 1 aromatic heterocycles. The highest BCUT2D eigenvalue weighted by molar-refractivity contribution is 5.97. The Hall–Kier alpha value is -1.58. The van der Waals surface area contributed by atoms with Crippen molar-refractivity contribution in [2.45, 2.75) is 46.1 Å². The fourth-order valence-electron chi connectivity index (χ4n) is 2.57. The summed E-state index contributed by atoms with van der Waals surface area (Å²) in [4.78, 5) is 22.5. The summed E-state index contributed by atoms with van der Waals surface area (Å²) in [5, 5.41) is 9.18. The second kappa shape index (κ2) is 4.59. The average molecular weight is 249 g/mol. The lowest BCUT2D eigenvalue weighted by Gasteiger charge is -2.16. The number of hydrogen-bond acceptors (Lipinski definition) is 2. The third kappa shape index (κ3) is 2.47. The minimum atomic E-state index is -0.963. The molecule has 1 N–H and O–H groups in total. The van der Waals surface area contributed by atoms with Gasteiger partial charge in [-0.15, -0.1) is 0 Å². The standard InChI is InChI=1S/C14H19NO3/c1-3-4-14(5-6-14)9-15-8-11(10(2)16)7-12(15)13(17)18/h7-8H,3-6,9H2,1-2H3,(H,17,18). The lowest BCUT2D eigenvalue weighted by Crippen LogP contribution is -2.15. The van der Waals surface area contributed by atoms with Crippen molar-refractivity contribution in [3.05, 3.63) is 23.5 Å². The van der Waals surface area contributed by atoms with Gasteiger partial charge in [0.2, 0.25) is 0 Å². The Kier molecular flexibility index (Phi) is 3.28. The zero-order valence-electron chi connectivity index (χ0n) is 10.9. The third-order valence-electron chi connectivity index (χ3n) is 3.77. The Bertz CT molecular complexity index is 483. The first-order valence-corrected chi connectivity index (χ1v) is 6.42. The number of carbonyl (C=O) groups is 2. The Morgan fingerprint density at radius 2 is 2.11 bits per heavy atom. The summed E-state index contributed by atoms with van der Waals surface area (Å²) in [6, 6.07) is 1.48. The molecule has 1 heterocycles. The van der Waals surface area contributed by atoms with Crippen LogP contribution in [0.25, 0.3) is 0 Å². The molecule has 18 heavy (non-hydrogen) atoms. The summed E-state index contributed by atoms with van der Waals surface area (Å²) < 4.78 is 1.74. The quantitative estimate of drug-likeness (QED) is 0.788. The molecule has 2 rings (SSSR count). The van der Waals surface area contributed by atoms with Crippen LogP contribution in [0.15, 0.2) is 12.3 Å². The second-order valence-electron chi connectivity index (χ2n) is 5.35. The number of Topliss-reactive ketones (excluding diaryl/α,β-unsaturated/α-hetero) is 1. The molecule has 1 fully saturated rings. The molecule has 0 bridgehead atoms. The zero-order valence-corrected chi connectivity index (χ0v) is 10.9. The maximum absolute atomic E-state index is 11.3. The van der Waals surface area contributed by atoms with Crippen LogP contribution in [-0.4, -0.2) is 21.4 Å². The number of carbonyl (C=O) groups excluding carboxylic acids is 1. The molecule has 0 amide bonds. The summed E-state index contributed by atoms with van der Waals surface area (Å²) in [6.45, 7) is 4.33. The van der Waals surface area contributed by atoms with Crippen molar-refractivity contribution >= 4 is 11.8 Å². The van der Waals surface area contributed by atoms with Crippen molar-refractivity contribution in [3.8, 4) is 0 Å². The summed E-state index contributed by atoms with van der Waals surface area (Å²) in [6.07, 6.45) is 6.24. The monoisotopic (exact) mass is 249 g/mol. The van der Waals surface area contributed by atoms with Crippen LogP contribution in [0.3, 0.4) is 0 Å². The lowest BCUT2D eigenvalue weighted by atomic mass is 10.0. The first-order valence-electron chi connectivity index (χ1n) is 6.42. The fourth-order valence-corrected chi connectivity index (χ4v) is 2.57. The molecule has 1 aliphatic carbocycles. The van der Waals surface area contributed by atoms with Gasteiger partial charge in [0.25, 0.3) is 0 Å². The molecule has 0 unspecified atom stereocenters. The van der Waals surface area contributed by atoms with E-state index in [1.54, 1.807) is 10.8 Å². The van der Waals surface area contributed by atoms with Crippen molar-refractivity contribution in [1.29, 1.82) is 0 Å². The molecule has 1 saturated carbocycles. The highest BCUT2D eigenvalue weighted by Crippen LogP contribution is 2.51. The van der Waals surface area contributed by atoms with Crippen molar-refractivity contribution in [2.75, 3.05) is 0 Å². The summed E-state index contributed by atoms with van der Waals surface area (Å²) in [7, 11) is 0. The first-order chi connectivity index (χ1) is 8.47. The molecular weight excluding hydrogens is 230 g/mol. The van der Waals surface area contributed by atoms with E-state index in [0.717, 1.165) is 32.2 Å². The van der Waals surface area contributed by atoms with E-state index in [2.05, 4.69) is 6.92 Å². The highest BCUT2D eigenvalue weighted by Gasteiger charge is 2.42. The Labute approximate surface area is 107 Å². The van der Waals surface area contributed by atoms with Crippen molar-refractivity contribution in [3.63, 3.8) is 0 Å². The number of aromatic carboxylic acids is 1. The Morgan fingerprint density at radius 1 is 1.44 bits per heavy atom. The number of nitrogens with zero attached hydrogens (tertiary/aromatic N) is 1. The van der Waals surface area contributed by atoms with Gasteiger partial charge in [-0.2, -0.15) is 0 Å². The van der Waals surface area contributed by atoms with Crippen LogP contribution in [0.5, 0.6) is 0 Å². The van der Waals surface area contributed by atoms with Gasteiger partial charge in [0.1, 0.15) is 5.69 Å². The predicted molar refractivity (Wildman–Crippen MR) is 68.0 cm³/mol. The minimum Gasteiger partial charge on any atom is -0.477 e. The number of ketones is 1. The summed E-state index contributed by atoms with van der Waals surface area (Å²) in [5.41, 5.74) is 0.980. The number of carboxylic acids is 1. The zero-order chi connectivity index (χ0) is 13.3. The molecule has 0 aliphatic heterocycles. The normalized spacial score (nSPS) is 16.6. The van der Waals surface area contributed by atoms with Crippen LogP contribution in [0.4, 0.5) is 0 Å². The van der Waals surface area contributed by atoms with Crippen LogP contribution in [-0.2, 0) is 6.54 Å². The molecule has 4 nitrogen and oxygen atoms in total. The molecule has 0 aromatic carbocycles. The van der Waals surface area contributed by atoms with Gasteiger partial charge >= 0.3 is 5.97 Å². The molecule has 4 heteroatoms. The molecule has 1 aromatic rings. The second-order valence-corrected chi connectivity index (χ2v) is 5.35. The number of aromatic nitrogens is 1. The average Bonchev–Trinajstić information content (AvgIpc) is 2.89. The molecule has 98 valence electrons. The van der Waals surface area contributed by atoms with E-state index >= 15 is 0 Å². The summed E-state index contributed by atoms with van der Waals surface area (Å²) in [5.74, 6) is -1.05. The van der Waals surface area contributed by atoms with Crippen LogP contribution < -0.4 is 0 Å². The van der Waals surface area contributed by atoms with Gasteiger partial charge in [-0.05, 0) is 37.7 Å². The largest absolute Gasteiger partial charge is 0.477 e. The summed E-state index contributed by atoms with van der Waals surface area (Å²) >= 11 is 0. The van der Waals surface area contributed by atoms with E-state index in [1.807, 2.05) is 0 Å². The maximum Gasteiger partial charge on any atom is 0.352 e. The van der Waals surface area contributed by atoms with Gasteiger partial charge in [-0.25, -0.2) is 4.79 Å². The van der Waals surface area contributed by atoms with Crippen LogP contribution in [0, 0.1) is 5.41 Å². The molecule has 0 saturated heterocycles. The fraction of sp³-hybridized carbons (Fsp3) is 0.571. The van der Waals surface area contributed by atoms with Crippen LogP contribution in [0.2, 0.25) is 0 Å². The third-order valence-corrected chi connectivity index (χ3v) is 3.77. The van der Waals surface area contributed by atoms with Gasteiger partial charge < -0.3 is 9.67 Å². The van der Waals surface area contributed by atoms with Gasteiger partial charge in [0.15, 0.2) is 5.78 Å². The minimum absolute atomic E-state index is 0.0865. The van der Waals surface area contributed by atoms with Gasteiger partial charge in [-0.3, -0.25) is 4.79 Å². The van der Waals surface area contributed by atoms with Gasteiger partial charge in [0.05, 0.1) is 0 Å². The molecule has 0 radical (unpaired) electrons. The van der Waals surface area contributed by atoms with E-state index in [9.17, 15) is 14.7 Å². The van der Waals surface area contributed by atoms with E-state index < -0.39 is 5.97 Å². The highest BCUT2D eigenvalue weighted by atomic mass is 16.4. The number of hydrogen-bond donors (Lipinski definition) is 1. The first kappa shape index (κ1) is 12.9. The van der Waals surface area contributed by atoms with E-state index in [4.69, 9.17) is 0 Å². The SMILES string of the molecule is CCCC1(Cn2cc(C(C)=O)cc2C(=O)O)CC1. The molecule has 0 spiro atoms. The lowest BCUT2D eigenvalue weighted by molar-refractivity contribution is 0.0683. The topological polar surface area (TPSA) is 59.3 Å². The number of rotatable bonds is 6. The predicted octanol–water partition coefficient (Wildman–Crippen LogP) is 2.97. The van der Waals surface area contributed by atoms with E-state index in [-0.39, 0.29) is 16.9 Å². The van der Waals surface area contributed by atoms with Crippen molar-refractivity contribution in [1.82, 2.24) is 4.57 Å². The van der Waals surface area contributed by atoms with Crippen LogP contribution in [0.1, 0.15) is 60.4 Å². The van der Waals surface area contributed by atoms with Gasteiger partial charge in [0, 0.05) is 18.3 Å². The number of carboxylic acid groups (broad SMARTS) is 1. The van der Waals surface area contributed by atoms with Crippen molar-refractivity contribution < 1.29 is 14.7 Å². The molecular formula is C14H19NO3. The van der Waals surface area contributed by atoms with E-state index in [0.29, 0.717) is 5.56 Å². The Balaban J connectivity index is 2.26. The maximum atomic E-state index is 11.3. The smallest absolute Gasteiger partial charge is 0.352 e.